The van der Waals surface area contributed by atoms with Gasteiger partial charge in [0.15, 0.2) is 0 Å². The molecule has 0 aliphatic heterocycles. The number of ether oxygens (including phenoxy) is 1. The van der Waals surface area contributed by atoms with Crippen molar-refractivity contribution in [2.45, 2.75) is 39.2 Å². The molecule has 3 N–H and O–H groups in total. The number of nitrogens with one attached hydrogen (secondary N) is 1. The SMILES string of the molecule is CCCOc1cccc(NC(=O)C(N)CCC)c1. The van der Waals surface area contributed by atoms with Gasteiger partial charge in [0.1, 0.15) is 5.75 Å². The van der Waals surface area contributed by atoms with Gasteiger partial charge in [0, 0.05) is 11.8 Å². The van der Waals surface area contributed by atoms with Gasteiger partial charge in [0.05, 0.1) is 12.6 Å². The van der Waals surface area contributed by atoms with Crippen LogP contribution < -0.4 is 15.8 Å². The van der Waals surface area contributed by atoms with E-state index >= 15 is 0 Å². The predicted molar refractivity (Wildman–Crippen MR) is 73.7 cm³/mol. The van der Waals surface area contributed by atoms with Crippen LogP contribution in [0.3, 0.4) is 0 Å². The Labute approximate surface area is 109 Å². The topological polar surface area (TPSA) is 64.3 Å². The van der Waals surface area contributed by atoms with Crippen molar-refractivity contribution in [3.05, 3.63) is 24.3 Å². The van der Waals surface area contributed by atoms with E-state index in [4.69, 9.17) is 10.5 Å². The van der Waals surface area contributed by atoms with Crippen LogP contribution in [0.4, 0.5) is 5.69 Å². The Balaban J connectivity index is 2.58. The lowest BCUT2D eigenvalue weighted by Crippen LogP contribution is -2.35. The highest BCUT2D eigenvalue weighted by molar-refractivity contribution is 5.94. The smallest absolute Gasteiger partial charge is 0.241 e. The number of benzene rings is 1. The van der Waals surface area contributed by atoms with E-state index in [9.17, 15) is 4.79 Å². The number of rotatable bonds is 7. The Kier molecular flexibility index (Phi) is 6.22. The highest BCUT2D eigenvalue weighted by Gasteiger charge is 2.12. The van der Waals surface area contributed by atoms with Crippen molar-refractivity contribution in [1.29, 1.82) is 0 Å². The second-order valence-electron chi connectivity index (χ2n) is 4.26. The van der Waals surface area contributed by atoms with Crippen molar-refractivity contribution >= 4 is 11.6 Å². The molecular formula is C14H22N2O2. The Morgan fingerprint density at radius 3 is 2.83 bits per heavy atom. The van der Waals surface area contributed by atoms with Crippen LogP contribution >= 0.6 is 0 Å². The molecule has 1 aromatic rings. The first-order valence-electron chi connectivity index (χ1n) is 6.46. The zero-order valence-electron chi connectivity index (χ0n) is 11.1. The van der Waals surface area contributed by atoms with E-state index in [0.717, 1.165) is 24.3 Å². The lowest BCUT2D eigenvalue weighted by Gasteiger charge is -2.12. The highest BCUT2D eigenvalue weighted by atomic mass is 16.5. The van der Waals surface area contributed by atoms with E-state index in [1.807, 2.05) is 31.2 Å². The minimum absolute atomic E-state index is 0.149. The van der Waals surface area contributed by atoms with Crippen molar-refractivity contribution in [1.82, 2.24) is 0 Å². The van der Waals surface area contributed by atoms with Crippen LogP contribution in [0.25, 0.3) is 0 Å². The van der Waals surface area contributed by atoms with Gasteiger partial charge in [-0.15, -0.1) is 0 Å². The van der Waals surface area contributed by atoms with Gasteiger partial charge in [-0.25, -0.2) is 0 Å². The molecule has 0 fully saturated rings. The van der Waals surface area contributed by atoms with Gasteiger partial charge in [0.2, 0.25) is 5.91 Å². The summed E-state index contributed by atoms with van der Waals surface area (Å²) < 4.78 is 5.50. The summed E-state index contributed by atoms with van der Waals surface area (Å²) in [5.41, 5.74) is 6.47. The van der Waals surface area contributed by atoms with Crippen LogP contribution in [0, 0.1) is 0 Å². The summed E-state index contributed by atoms with van der Waals surface area (Å²) >= 11 is 0. The maximum absolute atomic E-state index is 11.8. The number of hydrogen-bond donors (Lipinski definition) is 2. The van der Waals surface area contributed by atoms with E-state index < -0.39 is 6.04 Å². The van der Waals surface area contributed by atoms with Gasteiger partial charge >= 0.3 is 0 Å². The minimum atomic E-state index is -0.449. The second kappa shape index (κ2) is 7.71. The van der Waals surface area contributed by atoms with Crippen LogP contribution in [0.1, 0.15) is 33.1 Å². The van der Waals surface area contributed by atoms with Crippen molar-refractivity contribution in [2.75, 3.05) is 11.9 Å². The molecule has 1 unspecified atom stereocenters. The average molecular weight is 250 g/mol. The van der Waals surface area contributed by atoms with Crippen molar-refractivity contribution in [3.8, 4) is 5.75 Å². The third-order valence-electron chi connectivity index (χ3n) is 2.51. The molecule has 0 saturated heterocycles. The minimum Gasteiger partial charge on any atom is -0.494 e. The fourth-order valence-corrected chi connectivity index (χ4v) is 1.56. The Bertz CT molecular complexity index is 380. The zero-order chi connectivity index (χ0) is 13.4. The predicted octanol–water partition coefficient (Wildman–Crippen LogP) is 2.54. The van der Waals surface area contributed by atoms with E-state index in [0.29, 0.717) is 13.0 Å². The second-order valence-corrected chi connectivity index (χ2v) is 4.26. The summed E-state index contributed by atoms with van der Waals surface area (Å²) in [6, 6.07) is 6.92. The largest absolute Gasteiger partial charge is 0.494 e. The normalized spacial score (nSPS) is 11.9. The first-order chi connectivity index (χ1) is 8.67. The highest BCUT2D eigenvalue weighted by Crippen LogP contribution is 2.17. The molecule has 4 heteroatoms. The van der Waals surface area contributed by atoms with Gasteiger partial charge in [0.25, 0.3) is 0 Å². The Morgan fingerprint density at radius 1 is 1.39 bits per heavy atom. The molecule has 1 aromatic carbocycles. The van der Waals surface area contributed by atoms with Crippen molar-refractivity contribution < 1.29 is 9.53 Å². The molecule has 1 rings (SSSR count). The van der Waals surface area contributed by atoms with Gasteiger partial charge in [-0.2, -0.15) is 0 Å². The third-order valence-corrected chi connectivity index (χ3v) is 2.51. The molecule has 0 aliphatic rings. The average Bonchev–Trinajstić information content (AvgIpc) is 2.37. The Morgan fingerprint density at radius 2 is 2.17 bits per heavy atom. The maximum atomic E-state index is 11.8. The standard InChI is InChI=1S/C14H22N2O2/c1-3-6-13(15)14(17)16-11-7-5-8-12(10-11)18-9-4-2/h5,7-8,10,13H,3-4,6,9,15H2,1-2H3,(H,16,17). The molecule has 0 saturated carbocycles. The molecule has 4 nitrogen and oxygen atoms in total. The number of hydrogen-bond acceptors (Lipinski definition) is 3. The van der Waals surface area contributed by atoms with E-state index in [1.54, 1.807) is 0 Å². The molecule has 0 heterocycles. The van der Waals surface area contributed by atoms with E-state index in [-0.39, 0.29) is 5.91 Å². The summed E-state index contributed by atoms with van der Waals surface area (Å²) in [4.78, 5) is 11.8. The lowest BCUT2D eigenvalue weighted by atomic mass is 10.1. The summed E-state index contributed by atoms with van der Waals surface area (Å²) in [6.45, 7) is 4.73. The molecule has 100 valence electrons. The number of carbonyl (C=O) groups is 1. The maximum Gasteiger partial charge on any atom is 0.241 e. The van der Waals surface area contributed by atoms with E-state index in [2.05, 4.69) is 12.2 Å². The molecule has 18 heavy (non-hydrogen) atoms. The van der Waals surface area contributed by atoms with Crippen LogP contribution in [-0.4, -0.2) is 18.6 Å². The summed E-state index contributed by atoms with van der Waals surface area (Å²) in [7, 11) is 0. The lowest BCUT2D eigenvalue weighted by molar-refractivity contribution is -0.117. The third kappa shape index (κ3) is 4.75. The number of amides is 1. The first kappa shape index (κ1) is 14.5. The molecular weight excluding hydrogens is 228 g/mol. The quantitative estimate of drug-likeness (QED) is 0.781. The van der Waals surface area contributed by atoms with Crippen LogP contribution in [0.15, 0.2) is 24.3 Å². The summed E-state index contributed by atoms with van der Waals surface area (Å²) in [5.74, 6) is 0.614. The molecule has 1 atom stereocenters. The van der Waals surface area contributed by atoms with Gasteiger partial charge in [-0.3, -0.25) is 4.79 Å². The van der Waals surface area contributed by atoms with Crippen LogP contribution in [-0.2, 0) is 4.79 Å². The first-order valence-corrected chi connectivity index (χ1v) is 6.46. The number of nitrogens with two attached hydrogens (primary N) is 1. The summed E-state index contributed by atoms with van der Waals surface area (Å²) in [6.07, 6.45) is 2.55. The van der Waals surface area contributed by atoms with Crippen molar-refractivity contribution in [3.63, 3.8) is 0 Å². The molecule has 1 amide bonds. The zero-order valence-corrected chi connectivity index (χ0v) is 11.1. The molecule has 0 bridgehead atoms. The fourth-order valence-electron chi connectivity index (χ4n) is 1.56. The monoisotopic (exact) mass is 250 g/mol. The number of carbonyl (C=O) groups excluding carboxylic acids is 1. The molecule has 0 radical (unpaired) electrons. The Hall–Kier alpha value is -1.55. The van der Waals surface area contributed by atoms with Crippen LogP contribution in [0.5, 0.6) is 5.75 Å². The van der Waals surface area contributed by atoms with Gasteiger partial charge < -0.3 is 15.8 Å². The van der Waals surface area contributed by atoms with Gasteiger partial charge in [-0.05, 0) is 25.0 Å². The number of anilines is 1. The molecule has 0 aromatic heterocycles. The summed E-state index contributed by atoms with van der Waals surface area (Å²) in [5, 5.41) is 2.80. The van der Waals surface area contributed by atoms with E-state index in [1.165, 1.54) is 0 Å². The molecule has 0 spiro atoms. The molecule has 0 aliphatic carbocycles. The fraction of sp³-hybridized carbons (Fsp3) is 0.500. The van der Waals surface area contributed by atoms with Gasteiger partial charge in [-0.1, -0.05) is 26.3 Å². The van der Waals surface area contributed by atoms with Crippen LogP contribution in [0.2, 0.25) is 0 Å². The van der Waals surface area contributed by atoms with Crippen molar-refractivity contribution in [2.24, 2.45) is 5.73 Å².